The van der Waals surface area contributed by atoms with Gasteiger partial charge in [0.1, 0.15) is 11.5 Å². The molecule has 0 atom stereocenters. The predicted octanol–water partition coefficient (Wildman–Crippen LogP) is 5.66. The fourth-order valence-corrected chi connectivity index (χ4v) is 4.95. The minimum atomic E-state index is -3.89. The summed E-state index contributed by atoms with van der Waals surface area (Å²) in [6.45, 7) is 7.41. The van der Waals surface area contributed by atoms with E-state index in [1.54, 1.807) is 24.3 Å². The number of aliphatic imine (C=N–C) groups is 1. The number of fused-ring (bicyclic) bond motifs is 1. The van der Waals surface area contributed by atoms with Crippen molar-refractivity contribution in [2.45, 2.75) is 18.7 Å². The van der Waals surface area contributed by atoms with Gasteiger partial charge in [0.2, 0.25) is 0 Å². The maximum Gasteiger partial charge on any atom is 0.269 e. The molecule has 0 aliphatic heterocycles. The molecule has 0 saturated heterocycles. The van der Waals surface area contributed by atoms with Crippen molar-refractivity contribution in [2.24, 2.45) is 4.99 Å². The first-order valence-electron chi connectivity index (χ1n) is 9.44. The zero-order valence-corrected chi connectivity index (χ0v) is 18.5. The van der Waals surface area contributed by atoms with E-state index >= 15 is 0 Å². The number of hydrogen-bond donors (Lipinski definition) is 0. The van der Waals surface area contributed by atoms with Crippen LogP contribution in [0.2, 0.25) is 5.15 Å². The summed E-state index contributed by atoms with van der Waals surface area (Å²) in [4.78, 5) is 12.5. The second-order valence-corrected chi connectivity index (χ2v) is 9.12. The Morgan fingerprint density at radius 1 is 1.13 bits per heavy atom. The first-order chi connectivity index (χ1) is 14.9. The lowest BCUT2D eigenvalue weighted by atomic mass is 10.0. The minimum absolute atomic E-state index is 0.164. The van der Waals surface area contributed by atoms with Gasteiger partial charge >= 0.3 is 0 Å². The van der Waals surface area contributed by atoms with Crippen molar-refractivity contribution in [3.63, 3.8) is 0 Å². The normalized spacial score (nSPS) is 12.0. The lowest BCUT2D eigenvalue weighted by Crippen LogP contribution is -2.12. The van der Waals surface area contributed by atoms with Gasteiger partial charge in [0.25, 0.3) is 10.0 Å². The van der Waals surface area contributed by atoms with Gasteiger partial charge in [-0.15, -0.1) is 0 Å². The first kappa shape index (κ1) is 21.0. The van der Waals surface area contributed by atoms with E-state index in [1.165, 1.54) is 12.5 Å². The van der Waals surface area contributed by atoms with E-state index in [-0.39, 0.29) is 15.7 Å². The highest BCUT2D eigenvalue weighted by Crippen LogP contribution is 2.37. The van der Waals surface area contributed by atoms with Gasteiger partial charge in [0.15, 0.2) is 5.65 Å². The van der Waals surface area contributed by atoms with Crippen LogP contribution in [0.15, 0.2) is 71.0 Å². The Bertz CT molecular complexity index is 1440. The van der Waals surface area contributed by atoms with E-state index in [2.05, 4.69) is 21.7 Å². The number of halogens is 1. The van der Waals surface area contributed by atoms with Gasteiger partial charge in [-0.25, -0.2) is 22.4 Å². The molecule has 8 heteroatoms. The van der Waals surface area contributed by atoms with E-state index in [4.69, 9.17) is 11.6 Å². The monoisotopic (exact) mass is 450 g/mol. The SMILES string of the molecule is C=Nc1ccc(-c2cn(S(=O)(=O)c3ccc(C)cc3)c3ncnc(Cl)c23)cc1/C=C\C. The molecule has 0 amide bonds. The Hall–Kier alpha value is -3.29. The molecular formula is C23H19ClN4O2S. The zero-order chi connectivity index (χ0) is 22.2. The van der Waals surface area contributed by atoms with Gasteiger partial charge in [-0.05, 0) is 50.4 Å². The van der Waals surface area contributed by atoms with Crippen LogP contribution >= 0.6 is 11.6 Å². The van der Waals surface area contributed by atoms with E-state index in [1.807, 2.05) is 44.2 Å². The number of aromatic nitrogens is 3. The average molecular weight is 451 g/mol. The van der Waals surface area contributed by atoms with E-state index < -0.39 is 10.0 Å². The third-order valence-corrected chi connectivity index (χ3v) is 6.89. The molecule has 0 bridgehead atoms. The summed E-state index contributed by atoms with van der Waals surface area (Å²) < 4.78 is 28.0. The van der Waals surface area contributed by atoms with Crippen LogP contribution in [-0.2, 0) is 10.0 Å². The van der Waals surface area contributed by atoms with Crippen LogP contribution < -0.4 is 0 Å². The third kappa shape index (κ3) is 3.66. The number of allylic oxidation sites excluding steroid dienone is 1. The molecular weight excluding hydrogens is 432 g/mol. The molecule has 2 aromatic carbocycles. The first-order valence-corrected chi connectivity index (χ1v) is 11.3. The van der Waals surface area contributed by atoms with Crippen LogP contribution in [0.4, 0.5) is 5.69 Å². The van der Waals surface area contributed by atoms with Crippen molar-refractivity contribution in [1.82, 2.24) is 13.9 Å². The van der Waals surface area contributed by atoms with Gasteiger partial charge in [-0.3, -0.25) is 4.99 Å². The lowest BCUT2D eigenvalue weighted by Gasteiger charge is -2.07. The number of nitrogens with zero attached hydrogens (tertiary/aromatic N) is 4. The Morgan fingerprint density at radius 2 is 1.87 bits per heavy atom. The van der Waals surface area contributed by atoms with Gasteiger partial charge < -0.3 is 0 Å². The molecule has 156 valence electrons. The van der Waals surface area contributed by atoms with Gasteiger partial charge in [0, 0.05) is 17.3 Å². The van der Waals surface area contributed by atoms with Crippen LogP contribution in [0.25, 0.3) is 28.2 Å². The highest BCUT2D eigenvalue weighted by molar-refractivity contribution is 7.90. The zero-order valence-electron chi connectivity index (χ0n) is 16.9. The van der Waals surface area contributed by atoms with Crippen molar-refractivity contribution >= 4 is 51.1 Å². The predicted molar refractivity (Wildman–Crippen MR) is 126 cm³/mol. The van der Waals surface area contributed by atoms with E-state index in [9.17, 15) is 8.42 Å². The molecule has 0 aliphatic rings. The summed E-state index contributed by atoms with van der Waals surface area (Å²) in [6, 6.07) is 12.2. The number of aryl methyl sites for hydroxylation is 1. The molecule has 0 saturated carbocycles. The second kappa shape index (κ2) is 8.09. The summed E-state index contributed by atoms with van der Waals surface area (Å²) in [5.74, 6) is 0. The fourth-order valence-electron chi connectivity index (χ4n) is 3.40. The van der Waals surface area contributed by atoms with Crippen molar-refractivity contribution < 1.29 is 8.42 Å². The van der Waals surface area contributed by atoms with Crippen molar-refractivity contribution in [2.75, 3.05) is 0 Å². The Balaban J connectivity index is 2.00. The second-order valence-electron chi connectivity index (χ2n) is 6.95. The molecule has 4 aromatic rings. The molecule has 0 radical (unpaired) electrons. The molecule has 6 nitrogen and oxygen atoms in total. The van der Waals surface area contributed by atoms with E-state index in [0.29, 0.717) is 10.9 Å². The van der Waals surface area contributed by atoms with Gasteiger partial charge in [0.05, 0.1) is 16.0 Å². The maximum atomic E-state index is 13.4. The van der Waals surface area contributed by atoms with Crippen LogP contribution in [0.3, 0.4) is 0 Å². The summed E-state index contributed by atoms with van der Waals surface area (Å²) in [7, 11) is -3.89. The van der Waals surface area contributed by atoms with Crippen LogP contribution in [0.1, 0.15) is 18.1 Å². The number of hydrogen-bond acceptors (Lipinski definition) is 5. The standard InChI is InChI=1S/C23H19ClN4O2S/c1-4-5-17-12-16(8-11-20(17)25-3)19-13-28(23-21(19)22(24)26-14-27-23)31(29,30)18-9-6-15(2)7-10-18/h4-14H,3H2,1-2H3/b5-4-. The molecule has 2 heterocycles. The summed E-state index contributed by atoms with van der Waals surface area (Å²) in [5, 5.41) is 0.641. The lowest BCUT2D eigenvalue weighted by molar-refractivity contribution is 0.588. The molecule has 4 rings (SSSR count). The van der Waals surface area contributed by atoms with Gasteiger partial charge in [-0.2, -0.15) is 0 Å². The topological polar surface area (TPSA) is 77.2 Å². The number of rotatable bonds is 5. The molecule has 0 N–H and O–H groups in total. The quantitative estimate of drug-likeness (QED) is 0.290. The summed E-state index contributed by atoms with van der Waals surface area (Å²) >= 11 is 6.40. The fraction of sp³-hybridized carbons (Fsp3) is 0.0870. The van der Waals surface area contributed by atoms with Crippen molar-refractivity contribution in [3.05, 3.63) is 77.3 Å². The summed E-state index contributed by atoms with van der Waals surface area (Å²) in [5.41, 5.74) is 4.13. The average Bonchev–Trinajstić information content (AvgIpc) is 3.16. The minimum Gasteiger partial charge on any atom is -0.264 e. The Labute approximate surface area is 185 Å². The smallest absolute Gasteiger partial charge is 0.264 e. The maximum absolute atomic E-state index is 13.4. The molecule has 2 aromatic heterocycles. The van der Waals surface area contributed by atoms with Crippen molar-refractivity contribution in [3.8, 4) is 11.1 Å². The Kier molecular flexibility index (Phi) is 5.47. The number of benzene rings is 2. The van der Waals surface area contributed by atoms with Crippen LogP contribution in [0, 0.1) is 6.92 Å². The van der Waals surface area contributed by atoms with Gasteiger partial charge in [-0.1, -0.05) is 47.5 Å². The molecule has 0 fully saturated rings. The van der Waals surface area contributed by atoms with Crippen LogP contribution in [0.5, 0.6) is 0 Å². The molecule has 31 heavy (non-hydrogen) atoms. The van der Waals surface area contributed by atoms with Crippen LogP contribution in [-0.4, -0.2) is 29.1 Å². The van der Waals surface area contributed by atoms with Crippen molar-refractivity contribution in [1.29, 1.82) is 0 Å². The largest absolute Gasteiger partial charge is 0.269 e. The highest BCUT2D eigenvalue weighted by atomic mass is 35.5. The molecule has 0 aliphatic carbocycles. The molecule has 0 unspecified atom stereocenters. The Morgan fingerprint density at radius 3 is 2.55 bits per heavy atom. The highest BCUT2D eigenvalue weighted by Gasteiger charge is 2.24. The van der Waals surface area contributed by atoms with E-state index in [0.717, 1.165) is 26.4 Å². The molecule has 0 spiro atoms. The third-order valence-electron chi connectivity index (χ3n) is 4.94. The summed E-state index contributed by atoms with van der Waals surface area (Å²) in [6.07, 6.45) is 6.60.